The Hall–Kier alpha value is -1.06. The van der Waals surface area contributed by atoms with Gasteiger partial charge < -0.3 is 15.6 Å². The Bertz CT molecular complexity index is 442. The maximum atomic E-state index is 10.4. The summed E-state index contributed by atoms with van der Waals surface area (Å²) in [7, 11) is 0. The van der Waals surface area contributed by atoms with Crippen LogP contribution in [0.5, 0.6) is 5.75 Å². The third-order valence-corrected chi connectivity index (χ3v) is 4.25. The van der Waals surface area contributed by atoms with Gasteiger partial charge in [-0.3, -0.25) is 0 Å². The number of hydrogen-bond donors (Lipinski definition) is 2. The Morgan fingerprint density at radius 1 is 1.28 bits per heavy atom. The van der Waals surface area contributed by atoms with Crippen molar-refractivity contribution in [1.29, 1.82) is 0 Å². The average molecular weight is 247 g/mol. The summed E-state index contributed by atoms with van der Waals surface area (Å²) in [4.78, 5) is 0. The van der Waals surface area contributed by atoms with Crippen LogP contribution in [0.2, 0.25) is 0 Å². The molecule has 1 saturated carbocycles. The lowest BCUT2D eigenvalue weighted by Gasteiger charge is -2.26. The van der Waals surface area contributed by atoms with Gasteiger partial charge in [-0.15, -0.1) is 0 Å². The summed E-state index contributed by atoms with van der Waals surface area (Å²) in [5, 5.41) is 10.4. The molecule has 0 spiro atoms. The molecule has 1 unspecified atom stereocenters. The first kappa shape index (κ1) is 12.0. The van der Waals surface area contributed by atoms with Crippen LogP contribution in [0.1, 0.15) is 30.4 Å². The molecule has 3 heteroatoms. The number of hydrogen-bond acceptors (Lipinski definition) is 3. The summed E-state index contributed by atoms with van der Waals surface area (Å²) in [6.45, 7) is 0.593. The maximum Gasteiger partial charge on any atom is 0.119 e. The molecule has 3 rings (SSSR count). The van der Waals surface area contributed by atoms with Gasteiger partial charge in [-0.05, 0) is 61.3 Å². The van der Waals surface area contributed by atoms with Gasteiger partial charge >= 0.3 is 0 Å². The number of fused-ring (bicyclic) bond motifs is 1. The first-order valence-electron chi connectivity index (χ1n) is 6.88. The third-order valence-electron chi connectivity index (χ3n) is 4.25. The average Bonchev–Trinajstić information content (AvgIpc) is 3.15. The zero-order chi connectivity index (χ0) is 12.6. The van der Waals surface area contributed by atoms with Crippen molar-refractivity contribution >= 4 is 0 Å². The zero-order valence-electron chi connectivity index (χ0n) is 10.7. The highest BCUT2D eigenvalue weighted by Gasteiger charge is 2.43. The fraction of sp³-hybridized carbons (Fsp3) is 0.600. The normalized spacial score (nSPS) is 21.4. The van der Waals surface area contributed by atoms with Crippen LogP contribution in [0.15, 0.2) is 18.2 Å². The van der Waals surface area contributed by atoms with Crippen LogP contribution < -0.4 is 10.5 Å². The van der Waals surface area contributed by atoms with Crippen molar-refractivity contribution in [3.05, 3.63) is 29.3 Å². The summed E-state index contributed by atoms with van der Waals surface area (Å²) in [6.07, 6.45) is 5.72. The van der Waals surface area contributed by atoms with Gasteiger partial charge in [0.05, 0.1) is 0 Å². The summed E-state index contributed by atoms with van der Waals surface area (Å²) < 4.78 is 5.76. The highest BCUT2D eigenvalue weighted by atomic mass is 16.5. The van der Waals surface area contributed by atoms with Crippen LogP contribution in [0.4, 0.5) is 0 Å². The van der Waals surface area contributed by atoms with E-state index in [2.05, 4.69) is 12.1 Å². The number of nitrogens with two attached hydrogens (primary N) is 1. The summed E-state index contributed by atoms with van der Waals surface area (Å²) in [5.41, 5.74) is 7.68. The molecule has 1 aromatic carbocycles. The third kappa shape index (κ3) is 2.25. The fourth-order valence-corrected chi connectivity index (χ4v) is 2.81. The predicted octanol–water partition coefficient (Wildman–Crippen LogP) is 1.65. The number of aliphatic hydroxyl groups is 1. The lowest BCUT2D eigenvalue weighted by atomic mass is 9.99. The van der Waals surface area contributed by atoms with E-state index in [9.17, 15) is 5.11 Å². The SMILES string of the molecule is NCC(O)(COc1ccc2c(c1)CCC2)C1CC1. The minimum absolute atomic E-state index is 0.280. The fourth-order valence-electron chi connectivity index (χ4n) is 2.81. The summed E-state index contributed by atoms with van der Waals surface area (Å²) in [6, 6.07) is 6.27. The molecule has 1 atom stereocenters. The van der Waals surface area contributed by atoms with Crippen molar-refractivity contribution in [2.24, 2.45) is 11.7 Å². The van der Waals surface area contributed by atoms with E-state index in [0.717, 1.165) is 25.0 Å². The molecule has 0 aromatic heterocycles. The summed E-state index contributed by atoms with van der Waals surface area (Å²) >= 11 is 0. The van der Waals surface area contributed by atoms with E-state index in [0.29, 0.717) is 12.5 Å². The van der Waals surface area contributed by atoms with Crippen LogP contribution in [0.3, 0.4) is 0 Å². The van der Waals surface area contributed by atoms with Gasteiger partial charge in [0.1, 0.15) is 18.0 Å². The molecule has 3 N–H and O–H groups in total. The van der Waals surface area contributed by atoms with E-state index in [1.807, 2.05) is 6.07 Å². The Kier molecular flexibility index (Phi) is 3.04. The highest BCUT2D eigenvalue weighted by molar-refractivity contribution is 5.38. The highest BCUT2D eigenvalue weighted by Crippen LogP contribution is 2.39. The second-order valence-electron chi connectivity index (χ2n) is 5.65. The van der Waals surface area contributed by atoms with Crippen LogP contribution in [-0.4, -0.2) is 23.9 Å². The van der Waals surface area contributed by atoms with E-state index < -0.39 is 5.60 Å². The molecule has 0 heterocycles. The molecule has 98 valence electrons. The topological polar surface area (TPSA) is 55.5 Å². The zero-order valence-corrected chi connectivity index (χ0v) is 10.7. The summed E-state index contributed by atoms with van der Waals surface area (Å²) in [5.74, 6) is 1.19. The van der Waals surface area contributed by atoms with Gasteiger partial charge in [0.15, 0.2) is 0 Å². The van der Waals surface area contributed by atoms with Crippen molar-refractivity contribution < 1.29 is 9.84 Å². The van der Waals surface area contributed by atoms with Crippen LogP contribution in [-0.2, 0) is 12.8 Å². The van der Waals surface area contributed by atoms with Gasteiger partial charge in [-0.1, -0.05) is 6.07 Å². The van der Waals surface area contributed by atoms with Crippen LogP contribution >= 0.6 is 0 Å². The van der Waals surface area contributed by atoms with Crippen molar-refractivity contribution in [3.8, 4) is 5.75 Å². The van der Waals surface area contributed by atoms with E-state index in [-0.39, 0.29) is 6.54 Å². The molecule has 0 radical (unpaired) electrons. The number of rotatable bonds is 5. The smallest absolute Gasteiger partial charge is 0.119 e. The first-order chi connectivity index (χ1) is 8.71. The van der Waals surface area contributed by atoms with E-state index in [4.69, 9.17) is 10.5 Å². The molecule has 2 aliphatic rings. The number of benzene rings is 1. The Balaban J connectivity index is 1.66. The minimum Gasteiger partial charge on any atom is -0.491 e. The molecule has 0 amide bonds. The van der Waals surface area contributed by atoms with E-state index >= 15 is 0 Å². The van der Waals surface area contributed by atoms with Gasteiger partial charge in [0.2, 0.25) is 0 Å². The molecule has 1 fully saturated rings. The second-order valence-corrected chi connectivity index (χ2v) is 5.65. The van der Waals surface area contributed by atoms with Crippen LogP contribution in [0, 0.1) is 5.92 Å². The largest absolute Gasteiger partial charge is 0.491 e. The molecule has 18 heavy (non-hydrogen) atoms. The maximum absolute atomic E-state index is 10.4. The number of ether oxygens (including phenoxy) is 1. The molecule has 0 saturated heterocycles. The van der Waals surface area contributed by atoms with Gasteiger partial charge in [0.25, 0.3) is 0 Å². The molecule has 0 aliphatic heterocycles. The van der Waals surface area contributed by atoms with Gasteiger partial charge in [0, 0.05) is 6.54 Å². The molecule has 0 bridgehead atoms. The van der Waals surface area contributed by atoms with E-state index in [1.54, 1.807) is 0 Å². The second kappa shape index (κ2) is 4.56. The number of aryl methyl sites for hydroxylation is 2. The molecule has 3 nitrogen and oxygen atoms in total. The molecule has 2 aliphatic carbocycles. The standard InChI is InChI=1S/C15H21NO2/c16-9-15(17,13-5-6-13)10-18-14-7-4-11-2-1-3-12(11)8-14/h4,7-8,13,17H,1-3,5-6,9-10,16H2. The molecular formula is C15H21NO2. The Labute approximate surface area is 108 Å². The molecule has 1 aromatic rings. The van der Waals surface area contributed by atoms with Gasteiger partial charge in [-0.2, -0.15) is 0 Å². The Morgan fingerprint density at radius 3 is 2.78 bits per heavy atom. The van der Waals surface area contributed by atoms with Crippen LogP contribution in [0.25, 0.3) is 0 Å². The van der Waals surface area contributed by atoms with Crippen molar-refractivity contribution in [3.63, 3.8) is 0 Å². The minimum atomic E-state index is -0.834. The Morgan fingerprint density at radius 2 is 2.06 bits per heavy atom. The van der Waals surface area contributed by atoms with Gasteiger partial charge in [-0.25, -0.2) is 0 Å². The van der Waals surface area contributed by atoms with E-state index in [1.165, 1.54) is 24.0 Å². The van der Waals surface area contributed by atoms with Crippen molar-refractivity contribution in [1.82, 2.24) is 0 Å². The first-order valence-corrected chi connectivity index (χ1v) is 6.88. The molecular weight excluding hydrogens is 226 g/mol. The lowest BCUT2D eigenvalue weighted by molar-refractivity contribution is -0.0162. The monoisotopic (exact) mass is 247 g/mol. The quantitative estimate of drug-likeness (QED) is 0.832. The van der Waals surface area contributed by atoms with Crippen molar-refractivity contribution in [2.75, 3.05) is 13.2 Å². The lowest BCUT2D eigenvalue weighted by Crippen LogP contribution is -2.45. The van der Waals surface area contributed by atoms with Crippen molar-refractivity contribution in [2.45, 2.75) is 37.7 Å². The predicted molar refractivity (Wildman–Crippen MR) is 70.7 cm³/mol.